The molecule has 3 amide bonds. The third-order valence-corrected chi connectivity index (χ3v) is 4.32. The van der Waals surface area contributed by atoms with E-state index in [2.05, 4.69) is 25.8 Å². The third kappa shape index (κ3) is 4.88. The molecule has 0 aliphatic rings. The first-order valence-electron chi connectivity index (χ1n) is 7.88. The molecule has 1 heterocycles. The zero-order valence-electron chi connectivity index (χ0n) is 15.0. The van der Waals surface area contributed by atoms with Crippen LogP contribution in [0.3, 0.4) is 0 Å². The van der Waals surface area contributed by atoms with Crippen LogP contribution in [0, 0.1) is 0 Å². The molecule has 3 N–H and O–H groups in total. The molecule has 0 aliphatic heterocycles. The van der Waals surface area contributed by atoms with Crippen LogP contribution in [0.4, 0.5) is 4.79 Å². The quantitative estimate of drug-likeness (QED) is 0.628. The smallest absolute Gasteiger partial charge is 0.321 e. The van der Waals surface area contributed by atoms with Crippen LogP contribution in [0.25, 0.3) is 11.4 Å². The number of hydrogen-bond acceptors (Lipinski definition) is 7. The van der Waals surface area contributed by atoms with Gasteiger partial charge in [0.1, 0.15) is 11.5 Å². The number of carbonyl (C=O) groups excluding carboxylic acids is 2. The number of amides is 3. The number of aromatic amines is 1. The van der Waals surface area contributed by atoms with Gasteiger partial charge in [-0.3, -0.25) is 15.2 Å². The van der Waals surface area contributed by atoms with Gasteiger partial charge < -0.3 is 14.8 Å². The number of ether oxygens (including phenoxy) is 2. The molecule has 0 radical (unpaired) electrons. The number of benzene rings is 1. The second-order valence-electron chi connectivity index (χ2n) is 5.14. The number of H-pyrrole nitrogens is 1. The van der Waals surface area contributed by atoms with Crippen molar-refractivity contribution in [2.24, 2.45) is 0 Å². The fourth-order valence-corrected chi connectivity index (χ4v) is 2.77. The van der Waals surface area contributed by atoms with Crippen molar-refractivity contribution in [2.75, 3.05) is 20.8 Å². The lowest BCUT2D eigenvalue weighted by Gasteiger charge is -2.09. The Kier molecular flexibility index (Phi) is 6.84. The Morgan fingerprint density at radius 2 is 2.08 bits per heavy atom. The minimum Gasteiger partial charge on any atom is -0.497 e. The number of thioether (sulfide) groups is 1. The summed E-state index contributed by atoms with van der Waals surface area (Å²) < 4.78 is 10.5. The molecule has 0 aliphatic carbocycles. The predicted octanol–water partition coefficient (Wildman–Crippen LogP) is 1.82. The van der Waals surface area contributed by atoms with Crippen molar-refractivity contribution >= 4 is 23.7 Å². The largest absolute Gasteiger partial charge is 0.497 e. The van der Waals surface area contributed by atoms with Crippen LogP contribution < -0.4 is 20.1 Å². The Hall–Kier alpha value is -2.75. The number of carbonyl (C=O) groups is 2. The summed E-state index contributed by atoms with van der Waals surface area (Å²) in [6, 6.07) is 4.81. The molecule has 0 fully saturated rings. The van der Waals surface area contributed by atoms with Crippen molar-refractivity contribution in [3.63, 3.8) is 0 Å². The van der Waals surface area contributed by atoms with Gasteiger partial charge in [0.05, 0.1) is 25.0 Å². The van der Waals surface area contributed by atoms with E-state index >= 15 is 0 Å². The second-order valence-corrected chi connectivity index (χ2v) is 6.45. The summed E-state index contributed by atoms with van der Waals surface area (Å²) in [6.07, 6.45) is 0. The van der Waals surface area contributed by atoms with Crippen molar-refractivity contribution in [3.8, 4) is 22.9 Å². The highest BCUT2D eigenvalue weighted by molar-refractivity contribution is 8.00. The monoisotopic (exact) mass is 379 g/mol. The molecular formula is C16H21N5O4S. The first kappa shape index (κ1) is 19.6. The Balaban J connectivity index is 2.08. The second kappa shape index (κ2) is 9.09. The molecule has 0 bridgehead atoms. The molecular weight excluding hydrogens is 358 g/mol. The minimum absolute atomic E-state index is 0.386. The van der Waals surface area contributed by atoms with E-state index in [4.69, 9.17) is 9.47 Å². The fourth-order valence-electron chi connectivity index (χ4n) is 2.04. The van der Waals surface area contributed by atoms with Crippen LogP contribution in [0.5, 0.6) is 11.5 Å². The van der Waals surface area contributed by atoms with Crippen LogP contribution in [0.2, 0.25) is 0 Å². The third-order valence-electron chi connectivity index (χ3n) is 3.35. The molecule has 1 aromatic carbocycles. The molecule has 1 aromatic heterocycles. The average molecular weight is 379 g/mol. The number of urea groups is 1. The highest BCUT2D eigenvalue weighted by atomic mass is 32.2. The topological polar surface area (TPSA) is 118 Å². The van der Waals surface area contributed by atoms with Crippen LogP contribution in [-0.4, -0.2) is 53.1 Å². The number of hydrogen-bond donors (Lipinski definition) is 3. The summed E-state index contributed by atoms with van der Waals surface area (Å²) in [5, 5.41) is 11.5. The molecule has 0 unspecified atom stereocenters. The maximum Gasteiger partial charge on any atom is 0.321 e. The normalized spacial score (nSPS) is 11.5. The van der Waals surface area contributed by atoms with E-state index in [1.54, 1.807) is 46.3 Å². The zero-order chi connectivity index (χ0) is 19.1. The molecule has 2 rings (SSSR count). The Morgan fingerprint density at radius 1 is 1.31 bits per heavy atom. The molecule has 140 valence electrons. The van der Waals surface area contributed by atoms with Crippen molar-refractivity contribution in [1.82, 2.24) is 25.8 Å². The predicted molar refractivity (Wildman–Crippen MR) is 97.5 cm³/mol. The number of nitrogens with one attached hydrogen (secondary N) is 3. The molecule has 1 atom stereocenters. The van der Waals surface area contributed by atoms with Gasteiger partial charge in [-0.25, -0.2) is 9.78 Å². The molecule has 26 heavy (non-hydrogen) atoms. The maximum absolute atomic E-state index is 12.0. The number of rotatable bonds is 7. The standard InChI is InChI=1S/C16H21N5O4S/c1-5-17-15(23)19-14(22)9(2)26-16-18-13(20-21-16)11-7-6-10(24-3)8-12(11)25-4/h6-9H,5H2,1-4H3,(H,18,20,21)(H2,17,19,22,23)/t9-/m0/s1. The van der Waals surface area contributed by atoms with Gasteiger partial charge in [-0.05, 0) is 26.0 Å². The SMILES string of the molecule is CCNC(=O)NC(=O)[C@H](C)Sc1n[nH]c(-c2ccc(OC)cc2OC)n1. The lowest BCUT2D eigenvalue weighted by molar-refractivity contribution is -0.119. The van der Waals surface area contributed by atoms with Crippen LogP contribution in [0.15, 0.2) is 23.4 Å². The van der Waals surface area contributed by atoms with Gasteiger partial charge in [-0.15, -0.1) is 5.10 Å². The number of aromatic nitrogens is 3. The summed E-state index contributed by atoms with van der Waals surface area (Å²) in [4.78, 5) is 27.8. The molecule has 0 saturated heterocycles. The van der Waals surface area contributed by atoms with Crippen LogP contribution in [0.1, 0.15) is 13.8 Å². The minimum atomic E-state index is -0.543. The first-order chi connectivity index (χ1) is 12.5. The molecule has 2 aromatic rings. The van der Waals surface area contributed by atoms with Gasteiger partial charge in [0.2, 0.25) is 11.1 Å². The number of imide groups is 1. The number of methoxy groups -OCH3 is 2. The highest BCUT2D eigenvalue weighted by Gasteiger charge is 2.20. The highest BCUT2D eigenvalue weighted by Crippen LogP contribution is 2.32. The van der Waals surface area contributed by atoms with Gasteiger partial charge in [0.25, 0.3) is 0 Å². The van der Waals surface area contributed by atoms with E-state index in [0.717, 1.165) is 11.8 Å². The first-order valence-corrected chi connectivity index (χ1v) is 8.76. The van der Waals surface area contributed by atoms with E-state index in [9.17, 15) is 9.59 Å². The van der Waals surface area contributed by atoms with Gasteiger partial charge >= 0.3 is 6.03 Å². The average Bonchev–Trinajstić information content (AvgIpc) is 3.09. The van der Waals surface area contributed by atoms with E-state index in [0.29, 0.717) is 34.6 Å². The Morgan fingerprint density at radius 3 is 2.73 bits per heavy atom. The zero-order valence-corrected chi connectivity index (χ0v) is 15.8. The van der Waals surface area contributed by atoms with Crippen molar-refractivity contribution < 1.29 is 19.1 Å². The maximum atomic E-state index is 12.0. The van der Waals surface area contributed by atoms with Crippen molar-refractivity contribution in [3.05, 3.63) is 18.2 Å². The summed E-state index contributed by atoms with van der Waals surface area (Å²) in [5.74, 6) is 1.33. The summed E-state index contributed by atoms with van der Waals surface area (Å²) in [5.41, 5.74) is 0.715. The number of nitrogens with zero attached hydrogens (tertiary/aromatic N) is 2. The van der Waals surface area contributed by atoms with Crippen molar-refractivity contribution in [1.29, 1.82) is 0 Å². The molecule has 9 nitrogen and oxygen atoms in total. The molecule has 0 saturated carbocycles. The summed E-state index contributed by atoms with van der Waals surface area (Å²) in [6.45, 7) is 3.88. The summed E-state index contributed by atoms with van der Waals surface area (Å²) in [7, 11) is 3.13. The van der Waals surface area contributed by atoms with Gasteiger partial charge in [0.15, 0.2) is 5.82 Å². The van der Waals surface area contributed by atoms with Crippen molar-refractivity contribution in [2.45, 2.75) is 24.3 Å². The Labute approximate surface area is 155 Å². The van der Waals surface area contributed by atoms with Gasteiger partial charge in [-0.1, -0.05) is 11.8 Å². The molecule has 10 heteroatoms. The lowest BCUT2D eigenvalue weighted by Crippen LogP contribution is -2.42. The lowest BCUT2D eigenvalue weighted by atomic mass is 10.2. The van der Waals surface area contributed by atoms with Crippen LogP contribution in [-0.2, 0) is 4.79 Å². The van der Waals surface area contributed by atoms with E-state index in [1.807, 2.05) is 0 Å². The van der Waals surface area contributed by atoms with Gasteiger partial charge in [0, 0.05) is 12.6 Å². The fraction of sp³-hybridized carbons (Fsp3) is 0.375. The van der Waals surface area contributed by atoms with E-state index in [-0.39, 0.29) is 0 Å². The summed E-state index contributed by atoms with van der Waals surface area (Å²) >= 11 is 1.14. The van der Waals surface area contributed by atoms with Gasteiger partial charge in [-0.2, -0.15) is 0 Å². The Bertz CT molecular complexity index is 780. The van der Waals surface area contributed by atoms with E-state index < -0.39 is 17.2 Å². The van der Waals surface area contributed by atoms with E-state index in [1.165, 1.54) is 0 Å². The molecule has 0 spiro atoms. The van der Waals surface area contributed by atoms with Crippen LogP contribution >= 0.6 is 11.8 Å².